The molecule has 0 N–H and O–H groups in total. The highest BCUT2D eigenvalue weighted by atomic mass is 15.0. The number of nitrogens with zero attached hydrogens (tertiary/aromatic N) is 6. The van der Waals surface area contributed by atoms with E-state index in [1.54, 1.807) is 0 Å². The van der Waals surface area contributed by atoms with Crippen molar-refractivity contribution in [3.05, 3.63) is 198 Å². The van der Waals surface area contributed by atoms with Gasteiger partial charge in [-0.05, 0) is 89.8 Å². The normalized spacial score (nSPS) is 11.5. The maximum atomic E-state index is 10.7. The molecule has 0 aliphatic heterocycles. The Morgan fingerprint density at radius 2 is 0.912 bits per heavy atom. The predicted molar refractivity (Wildman–Crippen MR) is 232 cm³/mol. The summed E-state index contributed by atoms with van der Waals surface area (Å²) in [5.41, 5.74) is 12.1. The number of para-hydroxylation sites is 5. The third-order valence-corrected chi connectivity index (χ3v) is 11.3. The van der Waals surface area contributed by atoms with Crippen molar-refractivity contribution < 1.29 is 0 Å². The van der Waals surface area contributed by atoms with Crippen molar-refractivity contribution in [3.63, 3.8) is 0 Å². The fourth-order valence-electron chi connectivity index (χ4n) is 8.90. The fraction of sp³-hybridized carbons (Fsp3) is 0. The minimum atomic E-state index is 0.484. The Balaban J connectivity index is 1.17. The van der Waals surface area contributed by atoms with Crippen LogP contribution in [-0.2, 0) is 0 Å². The summed E-state index contributed by atoms with van der Waals surface area (Å²) in [6, 6.07) is 60.2. The van der Waals surface area contributed by atoms with Crippen molar-refractivity contribution in [1.82, 2.24) is 13.7 Å². The van der Waals surface area contributed by atoms with E-state index < -0.39 is 0 Å². The minimum absolute atomic E-state index is 0.484. The zero-order valence-corrected chi connectivity index (χ0v) is 30.3. The van der Waals surface area contributed by atoms with E-state index >= 15 is 0 Å². The van der Waals surface area contributed by atoms with Gasteiger partial charge in [0, 0.05) is 43.9 Å². The highest BCUT2D eigenvalue weighted by Gasteiger charge is 2.22. The second-order valence-corrected chi connectivity index (χ2v) is 14.3. The van der Waals surface area contributed by atoms with Crippen LogP contribution in [0.1, 0.15) is 5.56 Å². The molecule has 6 heteroatoms. The van der Waals surface area contributed by atoms with E-state index in [1.165, 1.54) is 10.8 Å². The lowest BCUT2D eigenvalue weighted by molar-refractivity contribution is 1.16. The van der Waals surface area contributed by atoms with E-state index in [1.807, 2.05) is 66.7 Å². The molecular formula is C51H28N6. The zero-order valence-electron chi connectivity index (χ0n) is 30.3. The second kappa shape index (κ2) is 12.3. The summed E-state index contributed by atoms with van der Waals surface area (Å²) in [4.78, 5) is 7.65. The number of hydrogen-bond acceptors (Lipinski definition) is 1. The van der Waals surface area contributed by atoms with Crippen LogP contribution < -0.4 is 0 Å². The van der Waals surface area contributed by atoms with Crippen molar-refractivity contribution in [1.29, 1.82) is 5.26 Å². The minimum Gasteiger partial charge on any atom is -0.311 e. The van der Waals surface area contributed by atoms with Crippen molar-refractivity contribution in [2.24, 2.45) is 0 Å². The van der Waals surface area contributed by atoms with Gasteiger partial charge >= 0.3 is 0 Å². The first-order valence-electron chi connectivity index (χ1n) is 18.6. The Morgan fingerprint density at radius 1 is 0.404 bits per heavy atom. The quantitative estimate of drug-likeness (QED) is 0.167. The van der Waals surface area contributed by atoms with Gasteiger partial charge in [-0.15, -0.1) is 0 Å². The van der Waals surface area contributed by atoms with Gasteiger partial charge in [-0.1, -0.05) is 91.0 Å². The van der Waals surface area contributed by atoms with Crippen LogP contribution in [0.25, 0.3) is 103 Å². The van der Waals surface area contributed by atoms with Crippen LogP contribution in [0.5, 0.6) is 0 Å². The van der Waals surface area contributed by atoms with Crippen LogP contribution in [0.4, 0.5) is 11.4 Å². The van der Waals surface area contributed by atoms with E-state index in [-0.39, 0.29) is 0 Å². The van der Waals surface area contributed by atoms with Crippen molar-refractivity contribution >= 4 is 76.8 Å². The number of nitriles is 1. The molecule has 0 saturated carbocycles. The van der Waals surface area contributed by atoms with Crippen LogP contribution in [0.2, 0.25) is 0 Å². The van der Waals surface area contributed by atoms with Gasteiger partial charge in [0.25, 0.3) is 0 Å². The predicted octanol–water partition coefficient (Wildman–Crippen LogP) is 13.6. The Morgan fingerprint density at radius 3 is 1.53 bits per heavy atom. The number of rotatable bonds is 4. The van der Waals surface area contributed by atoms with Crippen LogP contribution in [0.15, 0.2) is 170 Å². The molecule has 3 heterocycles. The fourth-order valence-corrected chi connectivity index (χ4v) is 8.90. The first-order chi connectivity index (χ1) is 28.1. The Hall–Kier alpha value is -8.37. The molecule has 0 amide bonds. The van der Waals surface area contributed by atoms with E-state index in [4.69, 9.17) is 13.1 Å². The molecule has 0 saturated heterocycles. The summed E-state index contributed by atoms with van der Waals surface area (Å²) in [5.74, 6) is 0. The summed E-state index contributed by atoms with van der Waals surface area (Å²) < 4.78 is 6.71. The maximum Gasteiger partial charge on any atom is 0.189 e. The smallest absolute Gasteiger partial charge is 0.189 e. The monoisotopic (exact) mass is 724 g/mol. The molecule has 0 radical (unpaired) electrons. The lowest BCUT2D eigenvalue weighted by atomic mass is 9.98. The van der Waals surface area contributed by atoms with Crippen molar-refractivity contribution in [3.8, 4) is 34.3 Å². The number of benzene rings is 8. The molecule has 0 unspecified atom stereocenters. The molecular weight excluding hydrogens is 697 g/mol. The third kappa shape index (κ3) is 4.68. The molecule has 262 valence electrons. The van der Waals surface area contributed by atoms with Crippen LogP contribution in [0, 0.1) is 24.5 Å². The molecule has 11 rings (SSSR count). The molecule has 8 aromatic carbocycles. The van der Waals surface area contributed by atoms with Gasteiger partial charge in [0.05, 0.1) is 57.5 Å². The molecule has 57 heavy (non-hydrogen) atoms. The van der Waals surface area contributed by atoms with Crippen molar-refractivity contribution in [2.45, 2.75) is 0 Å². The SMILES string of the molecule is [C-]#[N+]c1cc(-c2cccc(C#N)c2-n2c3ccccc3c3cc(-n4c5ccccc5c5ccccc54)ccc32)cc(-n2c3ccccc3c3cc([N+]#[C-])ccc32)c1. The molecule has 0 fully saturated rings. The average Bonchev–Trinajstić information content (AvgIpc) is 3.91. The molecule has 11 aromatic rings. The second-order valence-electron chi connectivity index (χ2n) is 14.3. The Bertz CT molecular complexity index is 3580. The Kier molecular flexibility index (Phi) is 6.95. The summed E-state index contributed by atoms with van der Waals surface area (Å²) in [6.07, 6.45) is 0. The summed E-state index contributed by atoms with van der Waals surface area (Å²) in [6.45, 7) is 15.8. The first kappa shape index (κ1) is 32.1. The van der Waals surface area contributed by atoms with Crippen molar-refractivity contribution in [2.75, 3.05) is 0 Å². The van der Waals surface area contributed by atoms with Gasteiger partial charge in [0.15, 0.2) is 11.4 Å². The molecule has 0 bridgehead atoms. The Labute approximate surface area is 327 Å². The van der Waals surface area contributed by atoms with Gasteiger partial charge < -0.3 is 13.7 Å². The maximum absolute atomic E-state index is 10.7. The molecule has 0 spiro atoms. The largest absolute Gasteiger partial charge is 0.311 e. The highest BCUT2D eigenvalue weighted by molar-refractivity contribution is 6.13. The van der Waals surface area contributed by atoms with Gasteiger partial charge in [-0.3, -0.25) is 0 Å². The average molecular weight is 725 g/mol. The van der Waals surface area contributed by atoms with Gasteiger partial charge in [-0.25, -0.2) is 9.69 Å². The number of hydrogen-bond donors (Lipinski definition) is 0. The van der Waals surface area contributed by atoms with Gasteiger partial charge in [0.2, 0.25) is 0 Å². The topological polar surface area (TPSA) is 47.3 Å². The molecule has 0 atom stereocenters. The van der Waals surface area contributed by atoms with E-state index in [9.17, 15) is 5.26 Å². The summed E-state index contributed by atoms with van der Waals surface area (Å²) in [5, 5.41) is 17.3. The number of fused-ring (bicyclic) bond motifs is 9. The summed E-state index contributed by atoms with van der Waals surface area (Å²) >= 11 is 0. The third-order valence-electron chi connectivity index (χ3n) is 11.3. The standard InChI is InChI=1S/C51H28N6/c1-53-34-22-24-49-43(29-34)41-15-5-9-20-47(41)56(49)37-27-33(26-35(28-37)54-2)38-17-11-12-32(31-52)51(38)57-48-21-10-6-16-42(48)44-30-36(23-25-50(44)57)55-45-18-7-3-13-39(45)40-14-4-8-19-46(40)55/h3-30H. The molecule has 0 aliphatic carbocycles. The summed E-state index contributed by atoms with van der Waals surface area (Å²) in [7, 11) is 0. The lowest BCUT2D eigenvalue weighted by Gasteiger charge is -2.18. The van der Waals surface area contributed by atoms with E-state index in [0.29, 0.717) is 16.9 Å². The molecule has 0 aliphatic rings. The molecule has 3 aromatic heterocycles. The van der Waals surface area contributed by atoms with Crippen LogP contribution >= 0.6 is 0 Å². The van der Waals surface area contributed by atoms with Crippen LogP contribution in [-0.4, -0.2) is 13.7 Å². The highest BCUT2D eigenvalue weighted by Crippen LogP contribution is 2.42. The zero-order chi connectivity index (χ0) is 38.2. The van der Waals surface area contributed by atoms with Gasteiger partial charge in [0.1, 0.15) is 6.07 Å². The van der Waals surface area contributed by atoms with E-state index in [2.05, 4.69) is 133 Å². The van der Waals surface area contributed by atoms with E-state index in [0.717, 1.165) is 82.8 Å². The van der Waals surface area contributed by atoms with Crippen LogP contribution in [0.3, 0.4) is 0 Å². The van der Waals surface area contributed by atoms with Gasteiger partial charge in [-0.2, -0.15) is 5.26 Å². The lowest BCUT2D eigenvalue weighted by Crippen LogP contribution is -2.02. The first-order valence-corrected chi connectivity index (χ1v) is 18.6. The number of aromatic nitrogens is 3. The molecule has 6 nitrogen and oxygen atoms in total.